The Balaban J connectivity index is 0.000000145. The molecule has 2 aromatic heterocycles. The first-order chi connectivity index (χ1) is 6.30. The second kappa shape index (κ2) is 4.82. The molecule has 0 spiro atoms. The van der Waals surface area contributed by atoms with Gasteiger partial charge in [0.15, 0.2) is 0 Å². The van der Waals surface area contributed by atoms with Gasteiger partial charge in [0.25, 0.3) is 0 Å². The molecule has 13 heavy (non-hydrogen) atoms. The van der Waals surface area contributed by atoms with Crippen LogP contribution in [0.25, 0.3) is 0 Å². The Morgan fingerprint density at radius 3 is 2.08 bits per heavy atom. The van der Waals surface area contributed by atoms with Crippen molar-refractivity contribution >= 4 is 5.97 Å². The Hall–Kier alpha value is -1.97. The first-order valence-electron chi connectivity index (χ1n) is 3.74. The second-order valence-corrected chi connectivity index (χ2v) is 2.29. The number of carboxylic acids is 1. The van der Waals surface area contributed by atoms with E-state index in [-0.39, 0.29) is 0 Å². The highest BCUT2D eigenvalue weighted by molar-refractivity contribution is 5.87. The molecule has 68 valence electrons. The maximum atomic E-state index is 10.0. The molecule has 4 heteroatoms. The van der Waals surface area contributed by atoms with Crippen molar-refractivity contribution in [1.82, 2.24) is 9.97 Å². The van der Waals surface area contributed by atoms with Crippen LogP contribution in [-0.2, 0) is 0 Å². The first kappa shape index (κ1) is 9.12. The van der Waals surface area contributed by atoms with Crippen LogP contribution in [0.1, 0.15) is 10.4 Å². The fraction of sp³-hybridized carbons (Fsp3) is 0. The van der Waals surface area contributed by atoms with Crippen molar-refractivity contribution in [3.05, 3.63) is 48.5 Å². The Bertz CT molecular complexity index is 307. The number of aromatic carboxylic acids is 1. The zero-order chi connectivity index (χ0) is 9.52. The molecule has 0 aromatic carbocycles. The molecule has 2 aromatic rings. The third kappa shape index (κ3) is 3.29. The molecule has 0 aliphatic rings. The van der Waals surface area contributed by atoms with Gasteiger partial charge in [-0.25, -0.2) is 4.79 Å². The zero-order valence-corrected chi connectivity index (χ0v) is 6.90. The Labute approximate surface area is 75.2 Å². The summed E-state index contributed by atoms with van der Waals surface area (Å²) in [4.78, 5) is 15.5. The van der Waals surface area contributed by atoms with Gasteiger partial charge in [0.05, 0.1) is 5.56 Å². The van der Waals surface area contributed by atoms with Gasteiger partial charge in [-0.1, -0.05) is 0 Å². The summed E-state index contributed by atoms with van der Waals surface area (Å²) in [6.07, 6.45) is 6.76. The smallest absolute Gasteiger partial charge is 0.337 e. The highest BCUT2D eigenvalue weighted by atomic mass is 16.4. The van der Waals surface area contributed by atoms with Crippen LogP contribution < -0.4 is 0 Å². The van der Waals surface area contributed by atoms with Gasteiger partial charge in [-0.2, -0.15) is 0 Å². The lowest BCUT2D eigenvalue weighted by molar-refractivity contribution is 0.0697. The summed E-state index contributed by atoms with van der Waals surface area (Å²) < 4.78 is 0. The lowest BCUT2D eigenvalue weighted by Gasteiger charge is -1.78. The number of H-pyrrole nitrogens is 2. The Morgan fingerprint density at radius 1 is 1.15 bits per heavy atom. The lowest BCUT2D eigenvalue weighted by Crippen LogP contribution is -1.91. The highest BCUT2D eigenvalue weighted by Crippen LogP contribution is 1.93. The van der Waals surface area contributed by atoms with Crippen molar-refractivity contribution < 1.29 is 9.90 Å². The molecule has 0 aliphatic carbocycles. The van der Waals surface area contributed by atoms with E-state index < -0.39 is 5.97 Å². The van der Waals surface area contributed by atoms with Crippen LogP contribution in [0.15, 0.2) is 43.0 Å². The minimum Gasteiger partial charge on any atom is -0.478 e. The topological polar surface area (TPSA) is 68.9 Å². The van der Waals surface area contributed by atoms with Crippen LogP contribution in [0, 0.1) is 0 Å². The molecule has 3 N–H and O–H groups in total. The van der Waals surface area contributed by atoms with Gasteiger partial charge in [0.1, 0.15) is 0 Å². The third-order valence-electron chi connectivity index (χ3n) is 1.34. The summed E-state index contributed by atoms with van der Waals surface area (Å²) in [6.45, 7) is 0. The van der Waals surface area contributed by atoms with Crippen LogP contribution in [0.2, 0.25) is 0 Å². The van der Waals surface area contributed by atoms with Crippen molar-refractivity contribution in [1.29, 1.82) is 0 Å². The van der Waals surface area contributed by atoms with Crippen molar-refractivity contribution in [2.45, 2.75) is 0 Å². The molecule has 0 saturated heterocycles. The predicted octanol–water partition coefficient (Wildman–Crippen LogP) is 1.73. The van der Waals surface area contributed by atoms with Crippen molar-refractivity contribution in [2.75, 3.05) is 0 Å². The van der Waals surface area contributed by atoms with Crippen molar-refractivity contribution in [3.63, 3.8) is 0 Å². The van der Waals surface area contributed by atoms with Crippen LogP contribution in [0.3, 0.4) is 0 Å². The number of hydrogen-bond donors (Lipinski definition) is 3. The number of carboxylic acid groups (broad SMARTS) is 1. The molecule has 2 heterocycles. The molecule has 0 amide bonds. The normalized spacial score (nSPS) is 8.62. The largest absolute Gasteiger partial charge is 0.478 e. The van der Waals surface area contributed by atoms with Gasteiger partial charge in [-0.05, 0) is 18.2 Å². The van der Waals surface area contributed by atoms with E-state index in [0.29, 0.717) is 5.56 Å². The number of hydrogen-bond acceptors (Lipinski definition) is 1. The molecule has 0 radical (unpaired) electrons. The number of rotatable bonds is 1. The van der Waals surface area contributed by atoms with Gasteiger partial charge >= 0.3 is 5.97 Å². The molecule has 0 aliphatic heterocycles. The summed E-state index contributed by atoms with van der Waals surface area (Å²) in [5.74, 6) is -0.897. The average Bonchev–Trinajstić information content (AvgIpc) is 2.82. The van der Waals surface area contributed by atoms with Gasteiger partial charge in [0.2, 0.25) is 0 Å². The van der Waals surface area contributed by atoms with E-state index in [4.69, 9.17) is 5.11 Å². The Morgan fingerprint density at radius 2 is 1.85 bits per heavy atom. The molecular weight excluding hydrogens is 168 g/mol. The third-order valence-corrected chi connectivity index (χ3v) is 1.34. The maximum absolute atomic E-state index is 10.0. The number of carbonyl (C=O) groups is 1. The quantitative estimate of drug-likeness (QED) is 0.622. The zero-order valence-electron chi connectivity index (χ0n) is 6.90. The van der Waals surface area contributed by atoms with E-state index >= 15 is 0 Å². The van der Waals surface area contributed by atoms with E-state index in [1.54, 1.807) is 6.20 Å². The number of aromatic amines is 2. The van der Waals surface area contributed by atoms with Crippen molar-refractivity contribution in [2.24, 2.45) is 0 Å². The molecule has 0 atom stereocenters. The summed E-state index contributed by atoms with van der Waals surface area (Å²) in [5.41, 5.74) is 0.296. The van der Waals surface area contributed by atoms with E-state index in [1.807, 2.05) is 24.5 Å². The van der Waals surface area contributed by atoms with E-state index in [2.05, 4.69) is 9.97 Å². The molecule has 0 unspecified atom stereocenters. The van der Waals surface area contributed by atoms with Crippen LogP contribution >= 0.6 is 0 Å². The van der Waals surface area contributed by atoms with E-state index in [1.165, 1.54) is 12.3 Å². The molecule has 0 bridgehead atoms. The SMILES string of the molecule is O=C(O)c1cc[nH]c1.c1cc[nH]c1. The monoisotopic (exact) mass is 178 g/mol. The van der Waals surface area contributed by atoms with Crippen LogP contribution in [-0.4, -0.2) is 21.0 Å². The minimum atomic E-state index is -0.897. The maximum Gasteiger partial charge on any atom is 0.337 e. The molecule has 4 nitrogen and oxygen atoms in total. The van der Waals surface area contributed by atoms with Gasteiger partial charge in [-0.15, -0.1) is 0 Å². The molecular formula is C9H10N2O2. The van der Waals surface area contributed by atoms with E-state index in [9.17, 15) is 4.79 Å². The summed E-state index contributed by atoms with van der Waals surface area (Å²) in [7, 11) is 0. The second-order valence-electron chi connectivity index (χ2n) is 2.29. The predicted molar refractivity (Wildman–Crippen MR) is 48.5 cm³/mol. The molecule has 0 saturated carbocycles. The fourth-order valence-electron chi connectivity index (χ4n) is 0.735. The van der Waals surface area contributed by atoms with Gasteiger partial charge in [0, 0.05) is 24.8 Å². The van der Waals surface area contributed by atoms with Gasteiger partial charge in [-0.3, -0.25) is 0 Å². The molecule has 0 fully saturated rings. The fourth-order valence-corrected chi connectivity index (χ4v) is 0.735. The van der Waals surface area contributed by atoms with E-state index in [0.717, 1.165) is 0 Å². The average molecular weight is 178 g/mol. The minimum absolute atomic E-state index is 0.296. The van der Waals surface area contributed by atoms with Crippen LogP contribution in [0.5, 0.6) is 0 Å². The van der Waals surface area contributed by atoms with Crippen molar-refractivity contribution in [3.8, 4) is 0 Å². The number of nitrogens with one attached hydrogen (secondary N) is 2. The Kier molecular flexibility index (Phi) is 3.38. The highest BCUT2D eigenvalue weighted by Gasteiger charge is 1.98. The summed E-state index contributed by atoms with van der Waals surface area (Å²) in [5, 5.41) is 8.25. The number of aromatic nitrogens is 2. The lowest BCUT2D eigenvalue weighted by atomic mass is 10.4. The van der Waals surface area contributed by atoms with Crippen LogP contribution in [0.4, 0.5) is 0 Å². The summed E-state index contributed by atoms with van der Waals surface area (Å²) >= 11 is 0. The molecule has 2 rings (SSSR count). The first-order valence-corrected chi connectivity index (χ1v) is 3.74. The van der Waals surface area contributed by atoms with Gasteiger partial charge < -0.3 is 15.1 Å². The summed E-state index contributed by atoms with van der Waals surface area (Å²) in [6, 6.07) is 5.39. The standard InChI is InChI=1S/C5H5NO2.C4H5N/c7-5(8)4-1-2-6-3-4;1-2-4-5-3-1/h1-3,6H,(H,7,8);1-5H.